The van der Waals surface area contributed by atoms with Gasteiger partial charge in [0.1, 0.15) is 0 Å². The predicted molar refractivity (Wildman–Crippen MR) is 75.2 cm³/mol. The fourth-order valence-electron chi connectivity index (χ4n) is 1.84. The van der Waals surface area contributed by atoms with Gasteiger partial charge in [-0.15, -0.1) is 0 Å². The summed E-state index contributed by atoms with van der Waals surface area (Å²) in [6.07, 6.45) is 0. The molecule has 2 heteroatoms. The van der Waals surface area contributed by atoms with Crippen LogP contribution in [0.25, 0.3) is 0 Å². The van der Waals surface area contributed by atoms with Gasteiger partial charge < -0.3 is 10.2 Å². The first-order valence-corrected chi connectivity index (χ1v) is 6.52. The lowest BCUT2D eigenvalue weighted by Gasteiger charge is -2.29. The standard InChI is InChI=1S/C15H26N2/c1-12(2)16-15(11-17(5)13(3)4)14-9-7-6-8-10-14/h6-10,12-13,15-16H,11H2,1-5H3. The number of likely N-dealkylation sites (N-methyl/N-ethyl adjacent to an activating group) is 1. The summed E-state index contributed by atoms with van der Waals surface area (Å²) in [6.45, 7) is 9.91. The van der Waals surface area contributed by atoms with Crippen molar-refractivity contribution in [2.45, 2.75) is 45.8 Å². The van der Waals surface area contributed by atoms with Gasteiger partial charge in [-0.2, -0.15) is 0 Å². The number of rotatable bonds is 6. The second kappa shape index (κ2) is 6.77. The molecule has 1 N–H and O–H groups in total. The average Bonchev–Trinajstić information content (AvgIpc) is 2.28. The molecule has 0 heterocycles. The molecule has 0 bridgehead atoms. The molecule has 1 aromatic carbocycles. The van der Waals surface area contributed by atoms with Crippen LogP contribution in [-0.2, 0) is 0 Å². The smallest absolute Gasteiger partial charge is 0.0451 e. The molecule has 1 aromatic rings. The summed E-state index contributed by atoms with van der Waals surface area (Å²) in [5.41, 5.74) is 1.37. The molecule has 96 valence electrons. The van der Waals surface area contributed by atoms with E-state index >= 15 is 0 Å². The van der Waals surface area contributed by atoms with E-state index in [-0.39, 0.29) is 0 Å². The molecule has 0 radical (unpaired) electrons. The third kappa shape index (κ3) is 4.88. The van der Waals surface area contributed by atoms with Gasteiger partial charge in [0, 0.05) is 24.7 Å². The van der Waals surface area contributed by atoms with E-state index in [1.165, 1.54) is 5.56 Å². The van der Waals surface area contributed by atoms with Crippen LogP contribution in [0.15, 0.2) is 30.3 Å². The molecular formula is C15H26N2. The van der Waals surface area contributed by atoms with Crippen molar-refractivity contribution in [2.24, 2.45) is 0 Å². The largest absolute Gasteiger partial charge is 0.307 e. The molecule has 0 aliphatic heterocycles. The van der Waals surface area contributed by atoms with E-state index < -0.39 is 0 Å². The minimum absolute atomic E-state index is 0.406. The Morgan fingerprint density at radius 1 is 1.06 bits per heavy atom. The molecular weight excluding hydrogens is 208 g/mol. The van der Waals surface area contributed by atoms with E-state index in [0.29, 0.717) is 18.1 Å². The summed E-state index contributed by atoms with van der Waals surface area (Å²) >= 11 is 0. The van der Waals surface area contributed by atoms with Crippen LogP contribution >= 0.6 is 0 Å². The van der Waals surface area contributed by atoms with Gasteiger partial charge in [-0.25, -0.2) is 0 Å². The third-order valence-electron chi connectivity index (χ3n) is 3.09. The van der Waals surface area contributed by atoms with Gasteiger partial charge >= 0.3 is 0 Å². The minimum Gasteiger partial charge on any atom is -0.307 e. The van der Waals surface area contributed by atoms with Crippen molar-refractivity contribution in [3.8, 4) is 0 Å². The maximum atomic E-state index is 3.64. The van der Waals surface area contributed by atoms with E-state index in [9.17, 15) is 0 Å². The highest BCUT2D eigenvalue weighted by atomic mass is 15.1. The zero-order chi connectivity index (χ0) is 12.8. The molecule has 0 aliphatic carbocycles. The lowest BCUT2D eigenvalue weighted by Crippen LogP contribution is -2.39. The van der Waals surface area contributed by atoms with Crippen LogP contribution in [0.5, 0.6) is 0 Å². The maximum Gasteiger partial charge on any atom is 0.0451 e. The van der Waals surface area contributed by atoms with Crippen LogP contribution in [0.3, 0.4) is 0 Å². The molecule has 1 unspecified atom stereocenters. The Balaban J connectivity index is 2.74. The minimum atomic E-state index is 0.406. The van der Waals surface area contributed by atoms with Crippen molar-refractivity contribution in [1.29, 1.82) is 0 Å². The first kappa shape index (κ1) is 14.2. The Labute approximate surface area is 106 Å². The van der Waals surface area contributed by atoms with Gasteiger partial charge in [0.05, 0.1) is 0 Å². The zero-order valence-corrected chi connectivity index (χ0v) is 11.8. The van der Waals surface area contributed by atoms with Crippen LogP contribution in [0.2, 0.25) is 0 Å². The number of nitrogens with zero attached hydrogens (tertiary/aromatic N) is 1. The highest BCUT2D eigenvalue weighted by Gasteiger charge is 2.15. The van der Waals surface area contributed by atoms with Gasteiger partial charge in [-0.05, 0) is 26.5 Å². The highest BCUT2D eigenvalue weighted by molar-refractivity contribution is 5.19. The van der Waals surface area contributed by atoms with Gasteiger partial charge in [-0.1, -0.05) is 44.2 Å². The normalized spacial score (nSPS) is 13.6. The molecule has 0 spiro atoms. The Bertz CT molecular complexity index is 306. The molecule has 2 nitrogen and oxygen atoms in total. The predicted octanol–water partition coefficient (Wildman–Crippen LogP) is 3.07. The van der Waals surface area contributed by atoms with E-state index in [0.717, 1.165) is 6.54 Å². The average molecular weight is 234 g/mol. The number of nitrogens with one attached hydrogen (secondary N) is 1. The molecule has 0 saturated heterocycles. The number of hydrogen-bond acceptors (Lipinski definition) is 2. The summed E-state index contributed by atoms with van der Waals surface area (Å²) in [6, 6.07) is 12.2. The molecule has 0 amide bonds. The fourth-order valence-corrected chi connectivity index (χ4v) is 1.84. The van der Waals surface area contributed by atoms with E-state index in [4.69, 9.17) is 0 Å². The zero-order valence-electron chi connectivity index (χ0n) is 11.8. The third-order valence-corrected chi connectivity index (χ3v) is 3.09. The number of benzene rings is 1. The molecule has 1 rings (SSSR count). The van der Waals surface area contributed by atoms with Crippen LogP contribution in [-0.4, -0.2) is 30.6 Å². The fraction of sp³-hybridized carbons (Fsp3) is 0.600. The number of hydrogen-bond donors (Lipinski definition) is 1. The molecule has 0 fully saturated rings. The monoisotopic (exact) mass is 234 g/mol. The van der Waals surface area contributed by atoms with Crippen molar-refractivity contribution in [3.63, 3.8) is 0 Å². The van der Waals surface area contributed by atoms with E-state index in [1.54, 1.807) is 0 Å². The summed E-state index contributed by atoms with van der Waals surface area (Å²) in [4.78, 5) is 2.38. The highest BCUT2D eigenvalue weighted by Crippen LogP contribution is 2.15. The van der Waals surface area contributed by atoms with Gasteiger partial charge in [0.2, 0.25) is 0 Å². The maximum absolute atomic E-state index is 3.64. The first-order valence-electron chi connectivity index (χ1n) is 6.52. The Morgan fingerprint density at radius 2 is 1.65 bits per heavy atom. The lowest BCUT2D eigenvalue weighted by atomic mass is 10.1. The van der Waals surface area contributed by atoms with Crippen LogP contribution in [0, 0.1) is 0 Å². The van der Waals surface area contributed by atoms with Crippen LogP contribution in [0.1, 0.15) is 39.3 Å². The van der Waals surface area contributed by atoms with Gasteiger partial charge in [-0.3, -0.25) is 0 Å². The second-order valence-corrected chi connectivity index (χ2v) is 5.32. The van der Waals surface area contributed by atoms with E-state index in [2.05, 4.69) is 75.3 Å². The first-order chi connectivity index (χ1) is 8.00. The summed E-state index contributed by atoms with van der Waals surface area (Å²) in [5, 5.41) is 3.64. The van der Waals surface area contributed by atoms with Crippen LogP contribution in [0.4, 0.5) is 0 Å². The van der Waals surface area contributed by atoms with Crippen LogP contribution < -0.4 is 5.32 Å². The van der Waals surface area contributed by atoms with Crippen molar-refractivity contribution in [3.05, 3.63) is 35.9 Å². The van der Waals surface area contributed by atoms with E-state index in [1.807, 2.05) is 0 Å². The molecule has 0 aliphatic rings. The summed E-state index contributed by atoms with van der Waals surface area (Å²) in [5.74, 6) is 0. The molecule has 0 saturated carbocycles. The summed E-state index contributed by atoms with van der Waals surface area (Å²) < 4.78 is 0. The molecule has 1 atom stereocenters. The van der Waals surface area contributed by atoms with Crippen molar-refractivity contribution in [1.82, 2.24) is 10.2 Å². The Kier molecular flexibility index (Phi) is 5.66. The van der Waals surface area contributed by atoms with Gasteiger partial charge in [0.15, 0.2) is 0 Å². The Hall–Kier alpha value is -0.860. The summed E-state index contributed by atoms with van der Waals surface area (Å²) in [7, 11) is 2.18. The quantitative estimate of drug-likeness (QED) is 0.814. The molecule has 0 aromatic heterocycles. The lowest BCUT2D eigenvalue weighted by molar-refractivity contribution is 0.237. The second-order valence-electron chi connectivity index (χ2n) is 5.32. The van der Waals surface area contributed by atoms with Crippen molar-refractivity contribution in [2.75, 3.05) is 13.6 Å². The SMILES string of the molecule is CC(C)NC(CN(C)C(C)C)c1ccccc1. The Morgan fingerprint density at radius 3 is 2.12 bits per heavy atom. The van der Waals surface area contributed by atoms with Gasteiger partial charge in [0.25, 0.3) is 0 Å². The van der Waals surface area contributed by atoms with Crippen molar-refractivity contribution < 1.29 is 0 Å². The topological polar surface area (TPSA) is 15.3 Å². The molecule has 17 heavy (non-hydrogen) atoms. The van der Waals surface area contributed by atoms with Crippen molar-refractivity contribution >= 4 is 0 Å².